The molecule has 2 heterocycles. The fourth-order valence-corrected chi connectivity index (χ4v) is 2.61. The molecular formula is C12H18N2O3S. The number of hydrogen-bond acceptors (Lipinski definition) is 6. The second-order valence-electron chi connectivity index (χ2n) is 4.25. The van der Waals surface area contributed by atoms with E-state index in [0.717, 1.165) is 30.9 Å². The Balaban J connectivity index is 1.79. The van der Waals surface area contributed by atoms with Crippen molar-refractivity contribution in [3.63, 3.8) is 0 Å². The van der Waals surface area contributed by atoms with Crippen LogP contribution in [0.4, 0.5) is 0 Å². The minimum Gasteiger partial charge on any atom is -0.458 e. The van der Waals surface area contributed by atoms with Crippen LogP contribution in [0.2, 0.25) is 0 Å². The largest absolute Gasteiger partial charge is 0.458 e. The molecule has 0 aliphatic carbocycles. The van der Waals surface area contributed by atoms with E-state index in [1.54, 1.807) is 5.38 Å². The molecule has 2 N–H and O–H groups in total. The molecule has 1 saturated heterocycles. The number of aromatic nitrogens is 1. The zero-order valence-electron chi connectivity index (χ0n) is 10.3. The zero-order chi connectivity index (χ0) is 12.8. The average molecular weight is 270 g/mol. The van der Waals surface area contributed by atoms with Crippen LogP contribution < -0.4 is 5.73 Å². The van der Waals surface area contributed by atoms with Gasteiger partial charge in [-0.1, -0.05) is 0 Å². The number of nitrogens with zero attached hydrogens (tertiary/aromatic N) is 1. The van der Waals surface area contributed by atoms with Crippen LogP contribution >= 0.6 is 11.3 Å². The van der Waals surface area contributed by atoms with Gasteiger partial charge >= 0.3 is 5.97 Å². The topological polar surface area (TPSA) is 74.4 Å². The Morgan fingerprint density at radius 2 is 2.50 bits per heavy atom. The fourth-order valence-electron chi connectivity index (χ4n) is 1.82. The van der Waals surface area contributed by atoms with Crippen molar-refractivity contribution in [1.29, 1.82) is 0 Å². The first-order valence-corrected chi connectivity index (χ1v) is 7.10. The molecule has 1 aromatic heterocycles. The monoisotopic (exact) mass is 270 g/mol. The van der Waals surface area contributed by atoms with Crippen molar-refractivity contribution >= 4 is 17.3 Å². The van der Waals surface area contributed by atoms with E-state index in [1.807, 2.05) is 0 Å². The molecule has 6 heteroatoms. The molecule has 1 aliphatic heterocycles. The molecule has 1 unspecified atom stereocenters. The summed E-state index contributed by atoms with van der Waals surface area (Å²) >= 11 is 1.44. The number of hydrogen-bond donors (Lipinski definition) is 1. The van der Waals surface area contributed by atoms with Gasteiger partial charge in [0.25, 0.3) is 0 Å². The van der Waals surface area contributed by atoms with Crippen LogP contribution in [0, 0.1) is 0 Å². The van der Waals surface area contributed by atoms with Crippen molar-refractivity contribution in [2.75, 3.05) is 19.8 Å². The Morgan fingerprint density at radius 3 is 3.22 bits per heavy atom. The normalized spacial score (nSPS) is 19.7. The lowest BCUT2D eigenvalue weighted by Crippen LogP contribution is -2.26. The number of esters is 1. The lowest BCUT2D eigenvalue weighted by atomic mass is 10.1. The Bertz CT molecular complexity index is 388. The molecule has 2 rings (SSSR count). The zero-order valence-corrected chi connectivity index (χ0v) is 11.1. The third kappa shape index (κ3) is 3.76. The van der Waals surface area contributed by atoms with Gasteiger partial charge in [0.1, 0.15) is 6.61 Å². The van der Waals surface area contributed by atoms with Crippen molar-refractivity contribution in [2.45, 2.75) is 31.8 Å². The van der Waals surface area contributed by atoms with E-state index in [0.29, 0.717) is 25.3 Å². The lowest BCUT2D eigenvalue weighted by molar-refractivity contribution is -0.0302. The van der Waals surface area contributed by atoms with Gasteiger partial charge in [-0.05, 0) is 25.8 Å². The highest BCUT2D eigenvalue weighted by Crippen LogP contribution is 2.15. The van der Waals surface area contributed by atoms with Gasteiger partial charge in [0.15, 0.2) is 5.69 Å². The average Bonchev–Trinajstić information content (AvgIpc) is 2.86. The molecule has 0 saturated carbocycles. The fraction of sp³-hybridized carbons (Fsp3) is 0.667. The minimum absolute atomic E-state index is 0.0462. The SMILES string of the molecule is NCCc1nc(C(=O)OCC2CCCCO2)cs1. The number of rotatable bonds is 5. The first kappa shape index (κ1) is 13.5. The summed E-state index contributed by atoms with van der Waals surface area (Å²) in [6.07, 6.45) is 3.94. The first-order valence-electron chi connectivity index (χ1n) is 6.23. The van der Waals surface area contributed by atoms with Crippen LogP contribution in [0.5, 0.6) is 0 Å². The molecule has 1 fully saturated rings. The maximum absolute atomic E-state index is 11.7. The molecule has 0 aromatic carbocycles. The summed E-state index contributed by atoms with van der Waals surface area (Å²) in [6, 6.07) is 0. The van der Waals surface area contributed by atoms with Gasteiger partial charge in [-0.15, -0.1) is 11.3 Å². The van der Waals surface area contributed by atoms with E-state index in [9.17, 15) is 4.79 Å². The summed E-state index contributed by atoms with van der Waals surface area (Å²) < 4.78 is 10.7. The van der Waals surface area contributed by atoms with Gasteiger partial charge in [0.05, 0.1) is 11.1 Å². The van der Waals surface area contributed by atoms with E-state index in [-0.39, 0.29) is 12.1 Å². The van der Waals surface area contributed by atoms with Gasteiger partial charge in [-0.25, -0.2) is 9.78 Å². The van der Waals surface area contributed by atoms with E-state index in [2.05, 4.69) is 4.98 Å². The Kier molecular flexibility index (Phi) is 5.10. The first-order chi connectivity index (χ1) is 8.79. The molecule has 100 valence electrons. The Hall–Kier alpha value is -0.980. The number of nitrogens with two attached hydrogens (primary N) is 1. The van der Waals surface area contributed by atoms with E-state index >= 15 is 0 Å². The molecule has 1 aromatic rings. The number of thiazole rings is 1. The Morgan fingerprint density at radius 1 is 1.61 bits per heavy atom. The van der Waals surface area contributed by atoms with Crippen LogP contribution in [0.25, 0.3) is 0 Å². The van der Waals surface area contributed by atoms with E-state index in [4.69, 9.17) is 15.2 Å². The van der Waals surface area contributed by atoms with Crippen molar-refractivity contribution in [3.05, 3.63) is 16.1 Å². The summed E-state index contributed by atoms with van der Waals surface area (Å²) in [6.45, 7) is 1.63. The standard InChI is InChI=1S/C12H18N2O3S/c13-5-4-11-14-10(8-18-11)12(15)17-7-9-3-1-2-6-16-9/h8-9H,1-7,13H2. The maximum Gasteiger partial charge on any atom is 0.357 e. The summed E-state index contributed by atoms with van der Waals surface area (Å²) in [5.41, 5.74) is 5.81. The highest BCUT2D eigenvalue weighted by Gasteiger charge is 2.18. The van der Waals surface area contributed by atoms with Crippen molar-refractivity contribution < 1.29 is 14.3 Å². The van der Waals surface area contributed by atoms with Crippen molar-refractivity contribution in [1.82, 2.24) is 4.98 Å². The third-order valence-corrected chi connectivity index (χ3v) is 3.70. The van der Waals surface area contributed by atoms with E-state index < -0.39 is 0 Å². The summed E-state index contributed by atoms with van der Waals surface area (Å²) in [7, 11) is 0. The van der Waals surface area contributed by atoms with Gasteiger partial charge < -0.3 is 15.2 Å². The molecule has 0 spiro atoms. The van der Waals surface area contributed by atoms with Gasteiger partial charge in [-0.2, -0.15) is 0 Å². The van der Waals surface area contributed by atoms with Crippen LogP contribution in [0.1, 0.15) is 34.8 Å². The minimum atomic E-state index is -0.372. The number of carbonyl (C=O) groups is 1. The predicted molar refractivity (Wildman–Crippen MR) is 68.7 cm³/mol. The molecule has 5 nitrogen and oxygen atoms in total. The van der Waals surface area contributed by atoms with Crippen LogP contribution in [-0.2, 0) is 15.9 Å². The van der Waals surface area contributed by atoms with Gasteiger partial charge in [-0.3, -0.25) is 0 Å². The number of carbonyl (C=O) groups excluding carboxylic acids is 1. The predicted octanol–water partition coefficient (Wildman–Crippen LogP) is 1.37. The molecule has 18 heavy (non-hydrogen) atoms. The van der Waals surface area contributed by atoms with Gasteiger partial charge in [0.2, 0.25) is 0 Å². The van der Waals surface area contributed by atoms with Crippen LogP contribution in [0.3, 0.4) is 0 Å². The second-order valence-corrected chi connectivity index (χ2v) is 5.19. The Labute approximate surface area is 110 Å². The summed E-state index contributed by atoms with van der Waals surface area (Å²) in [4.78, 5) is 15.9. The second kappa shape index (κ2) is 6.82. The van der Waals surface area contributed by atoms with E-state index in [1.165, 1.54) is 11.3 Å². The molecule has 1 aliphatic rings. The maximum atomic E-state index is 11.7. The molecule has 0 amide bonds. The lowest BCUT2D eigenvalue weighted by Gasteiger charge is -2.21. The van der Waals surface area contributed by atoms with Crippen molar-refractivity contribution in [3.8, 4) is 0 Å². The van der Waals surface area contributed by atoms with Gasteiger partial charge in [0, 0.05) is 18.4 Å². The quantitative estimate of drug-likeness (QED) is 0.818. The number of ether oxygens (including phenoxy) is 2. The van der Waals surface area contributed by atoms with Crippen LogP contribution in [-0.4, -0.2) is 36.8 Å². The smallest absolute Gasteiger partial charge is 0.357 e. The van der Waals surface area contributed by atoms with Crippen LogP contribution in [0.15, 0.2) is 5.38 Å². The molecule has 1 atom stereocenters. The molecule has 0 radical (unpaired) electrons. The van der Waals surface area contributed by atoms with Crippen molar-refractivity contribution in [2.24, 2.45) is 5.73 Å². The highest BCUT2D eigenvalue weighted by molar-refractivity contribution is 7.09. The molecular weight excluding hydrogens is 252 g/mol. The third-order valence-electron chi connectivity index (χ3n) is 2.79. The molecule has 0 bridgehead atoms. The highest BCUT2D eigenvalue weighted by atomic mass is 32.1. The summed E-state index contributed by atoms with van der Waals surface area (Å²) in [5, 5.41) is 2.59. The summed E-state index contributed by atoms with van der Waals surface area (Å²) in [5.74, 6) is -0.372.